The van der Waals surface area contributed by atoms with E-state index in [1.54, 1.807) is 12.1 Å². The minimum Gasteiger partial charge on any atom is -0.366 e. The molecule has 0 aromatic heterocycles. The monoisotopic (exact) mass is 406 g/mol. The molecule has 0 radical (unpaired) electrons. The lowest BCUT2D eigenvalue weighted by molar-refractivity contribution is -0.137. The third kappa shape index (κ3) is 4.02. The summed E-state index contributed by atoms with van der Waals surface area (Å²) >= 11 is 0. The van der Waals surface area contributed by atoms with Crippen molar-refractivity contribution in [2.45, 2.75) is 26.7 Å². The molecule has 2 amide bonds. The molecule has 0 saturated carbocycles. The van der Waals surface area contributed by atoms with E-state index < -0.39 is 0 Å². The van der Waals surface area contributed by atoms with Gasteiger partial charge in [-0.3, -0.25) is 14.5 Å². The normalized spacial score (nSPS) is 22.2. The van der Waals surface area contributed by atoms with Crippen LogP contribution in [0.1, 0.15) is 31.4 Å². The van der Waals surface area contributed by atoms with Gasteiger partial charge in [-0.1, -0.05) is 56.3 Å². The van der Waals surface area contributed by atoms with E-state index >= 15 is 0 Å². The Morgan fingerprint density at radius 1 is 0.900 bits per heavy atom. The molecular formula is C25H27FN2O2. The van der Waals surface area contributed by atoms with Gasteiger partial charge in [0.25, 0.3) is 11.8 Å². The molecule has 4 rings (SSSR count). The molecule has 2 aromatic rings. The summed E-state index contributed by atoms with van der Waals surface area (Å²) in [5.41, 5.74) is 2.54. The number of hydrogen-bond acceptors (Lipinski definition) is 3. The highest BCUT2D eigenvalue weighted by molar-refractivity contribution is 6.35. The van der Waals surface area contributed by atoms with Gasteiger partial charge in [-0.2, -0.15) is 0 Å². The van der Waals surface area contributed by atoms with E-state index in [9.17, 15) is 14.0 Å². The molecule has 2 unspecified atom stereocenters. The number of piperidine rings is 1. The average molecular weight is 407 g/mol. The highest BCUT2D eigenvalue weighted by atomic mass is 19.1. The molecule has 156 valence electrons. The molecule has 0 aliphatic carbocycles. The molecule has 2 aliphatic rings. The molecule has 0 N–H and O–H groups in total. The first-order valence-corrected chi connectivity index (χ1v) is 10.6. The van der Waals surface area contributed by atoms with Gasteiger partial charge in [0.05, 0.1) is 5.57 Å². The minimum atomic E-state index is -0.362. The third-order valence-electron chi connectivity index (χ3n) is 5.93. The molecule has 1 saturated heterocycles. The van der Waals surface area contributed by atoms with Crippen LogP contribution in [0.2, 0.25) is 0 Å². The fraction of sp³-hybridized carbons (Fsp3) is 0.360. The SMILES string of the molecule is CC1CC(C)CN(C2=C(c3ccc(F)cc3)C(=O)N(CCc3ccccc3)C2=O)C1. The summed E-state index contributed by atoms with van der Waals surface area (Å²) in [5.74, 6) is -0.00669. The smallest absolute Gasteiger partial charge is 0.277 e. The number of nitrogens with zero attached hydrogens (tertiary/aromatic N) is 2. The van der Waals surface area contributed by atoms with Crippen LogP contribution in [0.4, 0.5) is 4.39 Å². The first-order valence-electron chi connectivity index (χ1n) is 10.6. The summed E-state index contributed by atoms with van der Waals surface area (Å²) in [7, 11) is 0. The van der Waals surface area contributed by atoms with Crippen LogP contribution in [0.5, 0.6) is 0 Å². The van der Waals surface area contributed by atoms with E-state index in [1.165, 1.54) is 17.0 Å². The summed E-state index contributed by atoms with van der Waals surface area (Å²) in [4.78, 5) is 30.2. The van der Waals surface area contributed by atoms with Crippen molar-refractivity contribution >= 4 is 17.4 Å². The molecule has 30 heavy (non-hydrogen) atoms. The lowest BCUT2D eigenvalue weighted by atomic mass is 9.91. The Kier molecular flexibility index (Phi) is 5.71. The Hall–Kier alpha value is -2.95. The van der Waals surface area contributed by atoms with Crippen LogP contribution in [0.3, 0.4) is 0 Å². The van der Waals surface area contributed by atoms with Crippen LogP contribution in [-0.2, 0) is 16.0 Å². The number of carbonyl (C=O) groups is 2. The summed E-state index contributed by atoms with van der Waals surface area (Å²) in [6.45, 7) is 6.17. The van der Waals surface area contributed by atoms with Gasteiger partial charge in [0, 0.05) is 19.6 Å². The van der Waals surface area contributed by atoms with E-state index in [-0.39, 0.29) is 17.6 Å². The third-order valence-corrected chi connectivity index (χ3v) is 5.93. The summed E-state index contributed by atoms with van der Waals surface area (Å²) < 4.78 is 13.5. The minimum absolute atomic E-state index is 0.239. The zero-order valence-corrected chi connectivity index (χ0v) is 17.5. The fourth-order valence-electron chi connectivity index (χ4n) is 4.67. The van der Waals surface area contributed by atoms with Crippen LogP contribution >= 0.6 is 0 Å². The number of carbonyl (C=O) groups excluding carboxylic acids is 2. The molecule has 0 spiro atoms. The van der Waals surface area contributed by atoms with E-state index in [0.29, 0.717) is 41.6 Å². The van der Waals surface area contributed by atoms with E-state index in [1.807, 2.05) is 30.3 Å². The number of rotatable bonds is 5. The van der Waals surface area contributed by atoms with Gasteiger partial charge in [0.15, 0.2) is 0 Å². The molecule has 2 heterocycles. The average Bonchev–Trinajstić information content (AvgIpc) is 2.97. The van der Waals surface area contributed by atoms with Crippen LogP contribution in [0.25, 0.3) is 5.57 Å². The first-order chi connectivity index (χ1) is 14.4. The zero-order valence-electron chi connectivity index (χ0n) is 17.5. The van der Waals surface area contributed by atoms with Crippen molar-refractivity contribution in [3.63, 3.8) is 0 Å². The topological polar surface area (TPSA) is 40.6 Å². The second kappa shape index (κ2) is 8.42. The molecule has 4 nitrogen and oxygen atoms in total. The standard InChI is InChI=1S/C25H27FN2O2/c1-17-14-18(2)16-27(15-17)23-22(20-8-10-21(26)11-9-20)24(29)28(25(23)30)13-12-19-6-4-3-5-7-19/h3-11,17-18H,12-16H2,1-2H3. The van der Waals surface area contributed by atoms with Gasteiger partial charge < -0.3 is 4.90 Å². The van der Waals surface area contributed by atoms with Crippen molar-refractivity contribution in [3.8, 4) is 0 Å². The van der Waals surface area contributed by atoms with Gasteiger partial charge in [-0.15, -0.1) is 0 Å². The van der Waals surface area contributed by atoms with Crippen molar-refractivity contribution in [1.82, 2.24) is 9.80 Å². The maximum Gasteiger partial charge on any atom is 0.277 e. The van der Waals surface area contributed by atoms with Gasteiger partial charge in [-0.25, -0.2) is 4.39 Å². The first kappa shape index (κ1) is 20.3. The number of halogens is 1. The van der Waals surface area contributed by atoms with Gasteiger partial charge >= 0.3 is 0 Å². The van der Waals surface area contributed by atoms with Crippen LogP contribution in [-0.4, -0.2) is 41.2 Å². The van der Waals surface area contributed by atoms with E-state index in [0.717, 1.165) is 25.1 Å². The molecule has 0 bridgehead atoms. The van der Waals surface area contributed by atoms with Crippen molar-refractivity contribution < 1.29 is 14.0 Å². The number of imide groups is 1. The molecule has 2 aliphatic heterocycles. The van der Waals surface area contributed by atoms with Gasteiger partial charge in [-0.05, 0) is 47.9 Å². The number of amides is 2. The maximum atomic E-state index is 13.5. The lowest BCUT2D eigenvalue weighted by Crippen LogP contribution is -2.42. The largest absolute Gasteiger partial charge is 0.366 e. The maximum absolute atomic E-state index is 13.5. The molecule has 2 aromatic carbocycles. The summed E-state index contributed by atoms with van der Waals surface area (Å²) in [6, 6.07) is 15.7. The number of likely N-dealkylation sites (tertiary alicyclic amines) is 1. The van der Waals surface area contributed by atoms with Crippen molar-refractivity contribution in [2.24, 2.45) is 11.8 Å². The predicted octanol–water partition coefficient (Wildman–Crippen LogP) is 4.13. The highest BCUT2D eigenvalue weighted by Gasteiger charge is 2.42. The molecular weight excluding hydrogens is 379 g/mol. The van der Waals surface area contributed by atoms with Crippen molar-refractivity contribution in [2.75, 3.05) is 19.6 Å². The predicted molar refractivity (Wildman–Crippen MR) is 115 cm³/mol. The fourth-order valence-corrected chi connectivity index (χ4v) is 4.67. The highest BCUT2D eigenvalue weighted by Crippen LogP contribution is 2.35. The molecule has 5 heteroatoms. The van der Waals surface area contributed by atoms with Crippen LogP contribution < -0.4 is 0 Å². The van der Waals surface area contributed by atoms with Crippen molar-refractivity contribution in [3.05, 3.63) is 77.2 Å². The van der Waals surface area contributed by atoms with E-state index in [4.69, 9.17) is 0 Å². The van der Waals surface area contributed by atoms with Gasteiger partial charge in [0.1, 0.15) is 11.5 Å². The van der Waals surface area contributed by atoms with E-state index in [2.05, 4.69) is 18.7 Å². The van der Waals surface area contributed by atoms with Gasteiger partial charge in [0.2, 0.25) is 0 Å². The Balaban J connectivity index is 1.68. The lowest BCUT2D eigenvalue weighted by Gasteiger charge is -2.37. The Bertz CT molecular complexity index is 958. The van der Waals surface area contributed by atoms with Crippen molar-refractivity contribution in [1.29, 1.82) is 0 Å². The van der Waals surface area contributed by atoms with Crippen LogP contribution in [0, 0.1) is 17.7 Å². The molecule has 2 atom stereocenters. The Morgan fingerprint density at radius 3 is 2.17 bits per heavy atom. The second-order valence-corrected chi connectivity index (χ2v) is 8.58. The second-order valence-electron chi connectivity index (χ2n) is 8.58. The zero-order chi connectivity index (χ0) is 21.3. The molecule has 1 fully saturated rings. The quantitative estimate of drug-likeness (QED) is 0.701. The van der Waals surface area contributed by atoms with Crippen LogP contribution in [0.15, 0.2) is 60.3 Å². The summed E-state index contributed by atoms with van der Waals surface area (Å²) in [6.07, 6.45) is 1.71. The summed E-state index contributed by atoms with van der Waals surface area (Å²) in [5, 5.41) is 0. The Morgan fingerprint density at radius 2 is 1.53 bits per heavy atom. The number of hydrogen-bond donors (Lipinski definition) is 0. The number of benzene rings is 2. The Labute approximate surface area is 177 Å².